The molecule has 2 aromatic rings. The van der Waals surface area contributed by atoms with E-state index in [1.165, 1.54) is 6.07 Å². The first-order valence-electron chi connectivity index (χ1n) is 6.73. The standard InChI is InChI=1S/C16H19FN4/c1-11(13-5-3-4-6-14(13)17)21(2)10-12-7-8-20-15(9-12)16(18)19/h3-9,11H,10H2,1-2H3,(H3,18,19). The van der Waals surface area contributed by atoms with E-state index in [-0.39, 0.29) is 17.7 Å². The van der Waals surface area contributed by atoms with Gasteiger partial charge in [0.25, 0.3) is 0 Å². The van der Waals surface area contributed by atoms with Gasteiger partial charge in [0.15, 0.2) is 0 Å². The van der Waals surface area contributed by atoms with Gasteiger partial charge in [-0.2, -0.15) is 0 Å². The number of nitrogen functional groups attached to an aromatic ring is 1. The maximum absolute atomic E-state index is 13.8. The Morgan fingerprint density at radius 1 is 1.38 bits per heavy atom. The SMILES string of the molecule is CC(c1ccccc1F)N(C)Cc1ccnc(C(=N)N)c1. The Hall–Kier alpha value is -2.27. The molecule has 0 radical (unpaired) electrons. The summed E-state index contributed by atoms with van der Waals surface area (Å²) in [5.74, 6) is -0.252. The van der Waals surface area contributed by atoms with Gasteiger partial charge in [-0.05, 0) is 37.7 Å². The summed E-state index contributed by atoms with van der Waals surface area (Å²) >= 11 is 0. The number of hydrogen-bond donors (Lipinski definition) is 2. The second-order valence-electron chi connectivity index (χ2n) is 5.08. The molecule has 0 bridgehead atoms. The van der Waals surface area contributed by atoms with Crippen molar-refractivity contribution in [3.63, 3.8) is 0 Å². The zero-order chi connectivity index (χ0) is 15.4. The molecule has 5 heteroatoms. The molecule has 0 saturated carbocycles. The van der Waals surface area contributed by atoms with Crippen LogP contribution < -0.4 is 5.73 Å². The number of nitrogens with one attached hydrogen (secondary N) is 1. The molecule has 110 valence electrons. The predicted octanol–water partition coefficient (Wildman–Crippen LogP) is 2.70. The fourth-order valence-electron chi connectivity index (χ4n) is 2.20. The predicted molar refractivity (Wildman–Crippen MR) is 81.5 cm³/mol. The lowest BCUT2D eigenvalue weighted by atomic mass is 10.1. The van der Waals surface area contributed by atoms with Crippen molar-refractivity contribution in [2.24, 2.45) is 5.73 Å². The van der Waals surface area contributed by atoms with Gasteiger partial charge in [-0.15, -0.1) is 0 Å². The maximum Gasteiger partial charge on any atom is 0.141 e. The van der Waals surface area contributed by atoms with Gasteiger partial charge in [0.05, 0.1) is 0 Å². The molecule has 1 unspecified atom stereocenters. The minimum absolute atomic E-state index is 0.0540. The highest BCUT2D eigenvalue weighted by atomic mass is 19.1. The van der Waals surface area contributed by atoms with Crippen molar-refractivity contribution in [3.05, 3.63) is 65.2 Å². The molecule has 0 saturated heterocycles. The topological polar surface area (TPSA) is 66.0 Å². The lowest BCUT2D eigenvalue weighted by Crippen LogP contribution is -2.23. The number of nitrogens with two attached hydrogens (primary N) is 1. The lowest BCUT2D eigenvalue weighted by Gasteiger charge is -2.25. The van der Waals surface area contributed by atoms with E-state index in [9.17, 15) is 4.39 Å². The van der Waals surface area contributed by atoms with Crippen molar-refractivity contribution in [1.82, 2.24) is 9.88 Å². The monoisotopic (exact) mass is 286 g/mol. The van der Waals surface area contributed by atoms with E-state index in [2.05, 4.69) is 4.98 Å². The maximum atomic E-state index is 13.8. The summed E-state index contributed by atoms with van der Waals surface area (Å²) in [5.41, 5.74) is 7.55. The Balaban J connectivity index is 2.14. The van der Waals surface area contributed by atoms with E-state index < -0.39 is 0 Å². The van der Waals surface area contributed by atoms with E-state index in [1.54, 1.807) is 24.4 Å². The van der Waals surface area contributed by atoms with Gasteiger partial charge in [-0.3, -0.25) is 15.3 Å². The van der Waals surface area contributed by atoms with Crippen molar-refractivity contribution in [1.29, 1.82) is 5.41 Å². The number of amidine groups is 1. The molecule has 1 heterocycles. The van der Waals surface area contributed by atoms with Crippen LogP contribution in [0.25, 0.3) is 0 Å². The zero-order valence-corrected chi connectivity index (χ0v) is 12.2. The smallest absolute Gasteiger partial charge is 0.141 e. The summed E-state index contributed by atoms with van der Waals surface area (Å²) in [6, 6.07) is 10.4. The molecule has 1 aromatic heterocycles. The van der Waals surface area contributed by atoms with Crippen molar-refractivity contribution >= 4 is 5.84 Å². The summed E-state index contributed by atoms with van der Waals surface area (Å²) in [6.45, 7) is 2.59. The number of benzene rings is 1. The van der Waals surface area contributed by atoms with Gasteiger partial charge >= 0.3 is 0 Å². The number of aromatic nitrogens is 1. The molecule has 3 N–H and O–H groups in total. The lowest BCUT2D eigenvalue weighted by molar-refractivity contribution is 0.248. The zero-order valence-electron chi connectivity index (χ0n) is 12.2. The van der Waals surface area contributed by atoms with E-state index in [0.29, 0.717) is 17.8 Å². The highest BCUT2D eigenvalue weighted by Crippen LogP contribution is 2.23. The average molecular weight is 286 g/mol. The van der Waals surface area contributed by atoms with Crippen LogP contribution in [0.15, 0.2) is 42.6 Å². The van der Waals surface area contributed by atoms with E-state index >= 15 is 0 Å². The van der Waals surface area contributed by atoms with Crippen LogP contribution in [0.1, 0.15) is 29.8 Å². The summed E-state index contributed by atoms with van der Waals surface area (Å²) < 4.78 is 13.8. The normalized spacial score (nSPS) is 12.4. The van der Waals surface area contributed by atoms with Crippen LogP contribution in [-0.2, 0) is 6.54 Å². The molecule has 2 rings (SSSR count). The summed E-state index contributed by atoms with van der Waals surface area (Å²) in [6.07, 6.45) is 1.63. The van der Waals surface area contributed by atoms with Crippen molar-refractivity contribution in [2.45, 2.75) is 19.5 Å². The number of nitrogens with zero attached hydrogens (tertiary/aromatic N) is 2. The van der Waals surface area contributed by atoms with Gasteiger partial charge < -0.3 is 5.73 Å². The molecule has 21 heavy (non-hydrogen) atoms. The van der Waals surface area contributed by atoms with E-state index in [1.807, 2.05) is 31.0 Å². The third-order valence-corrected chi connectivity index (χ3v) is 3.55. The molecular formula is C16H19FN4. The third kappa shape index (κ3) is 3.64. The molecule has 0 fully saturated rings. The quantitative estimate of drug-likeness (QED) is 0.656. The second kappa shape index (κ2) is 6.45. The van der Waals surface area contributed by atoms with Gasteiger partial charge in [-0.1, -0.05) is 18.2 Å². The van der Waals surface area contributed by atoms with Crippen LogP contribution in [0.4, 0.5) is 4.39 Å². The minimum atomic E-state index is -0.198. The molecule has 0 aliphatic heterocycles. The van der Waals surface area contributed by atoms with Crippen molar-refractivity contribution in [3.8, 4) is 0 Å². The fraction of sp³-hybridized carbons (Fsp3) is 0.250. The van der Waals surface area contributed by atoms with Crippen LogP contribution in [0, 0.1) is 11.2 Å². The summed E-state index contributed by atoms with van der Waals surface area (Å²) in [5, 5.41) is 7.41. The van der Waals surface area contributed by atoms with Gasteiger partial charge in [-0.25, -0.2) is 4.39 Å². The second-order valence-corrected chi connectivity index (χ2v) is 5.08. The van der Waals surface area contributed by atoms with Crippen LogP contribution in [0.5, 0.6) is 0 Å². The number of rotatable bonds is 5. The first-order chi connectivity index (χ1) is 9.99. The highest BCUT2D eigenvalue weighted by molar-refractivity contribution is 5.93. The van der Waals surface area contributed by atoms with Gasteiger partial charge in [0, 0.05) is 24.3 Å². The first-order valence-corrected chi connectivity index (χ1v) is 6.73. The van der Waals surface area contributed by atoms with Crippen LogP contribution >= 0.6 is 0 Å². The molecule has 0 aliphatic carbocycles. The van der Waals surface area contributed by atoms with Crippen LogP contribution in [0.3, 0.4) is 0 Å². The van der Waals surface area contributed by atoms with Crippen LogP contribution in [-0.4, -0.2) is 22.8 Å². The first kappa shape index (κ1) is 15.1. The van der Waals surface area contributed by atoms with Crippen molar-refractivity contribution < 1.29 is 4.39 Å². The highest BCUT2D eigenvalue weighted by Gasteiger charge is 2.15. The Bertz CT molecular complexity index is 642. The third-order valence-electron chi connectivity index (χ3n) is 3.55. The minimum Gasteiger partial charge on any atom is -0.382 e. The molecular weight excluding hydrogens is 267 g/mol. The number of hydrogen-bond acceptors (Lipinski definition) is 3. The fourth-order valence-corrected chi connectivity index (χ4v) is 2.20. The summed E-state index contributed by atoms with van der Waals surface area (Å²) in [7, 11) is 1.94. The molecule has 0 aliphatic rings. The van der Waals surface area contributed by atoms with Gasteiger partial charge in [0.2, 0.25) is 0 Å². The molecule has 0 amide bonds. The number of halogens is 1. The van der Waals surface area contributed by atoms with E-state index in [0.717, 1.165) is 5.56 Å². The Labute approximate surface area is 123 Å². The largest absolute Gasteiger partial charge is 0.382 e. The Morgan fingerprint density at radius 3 is 2.76 bits per heavy atom. The van der Waals surface area contributed by atoms with Crippen LogP contribution in [0.2, 0.25) is 0 Å². The van der Waals surface area contributed by atoms with Gasteiger partial charge in [0.1, 0.15) is 17.3 Å². The number of pyridine rings is 1. The Kier molecular flexibility index (Phi) is 4.65. The van der Waals surface area contributed by atoms with Crippen molar-refractivity contribution in [2.75, 3.05) is 7.05 Å². The Morgan fingerprint density at radius 2 is 2.10 bits per heavy atom. The van der Waals surface area contributed by atoms with E-state index in [4.69, 9.17) is 11.1 Å². The summed E-state index contributed by atoms with van der Waals surface area (Å²) in [4.78, 5) is 6.07. The molecule has 4 nitrogen and oxygen atoms in total. The molecule has 1 atom stereocenters. The molecule has 0 spiro atoms. The molecule has 1 aromatic carbocycles. The average Bonchev–Trinajstić information content (AvgIpc) is 2.47.